The molecule has 0 radical (unpaired) electrons. The van der Waals surface area contributed by atoms with Crippen molar-refractivity contribution in [3.8, 4) is 0 Å². The maximum absolute atomic E-state index is 14.7. The van der Waals surface area contributed by atoms with Gasteiger partial charge in [-0.05, 0) is 43.2 Å². The molecule has 2 aliphatic rings. The molecule has 154 valence electrons. The molecule has 1 aliphatic carbocycles. The summed E-state index contributed by atoms with van der Waals surface area (Å²) in [7, 11) is 0. The molecule has 1 unspecified atom stereocenters. The van der Waals surface area contributed by atoms with Crippen LogP contribution in [0.3, 0.4) is 0 Å². The monoisotopic (exact) mass is 407 g/mol. The Morgan fingerprint density at radius 1 is 1.07 bits per heavy atom. The molecular weight excluding hydrogens is 385 g/mol. The lowest BCUT2D eigenvalue weighted by molar-refractivity contribution is -0.134. The van der Waals surface area contributed by atoms with Crippen molar-refractivity contribution < 1.29 is 18.4 Å². The van der Waals surface area contributed by atoms with Crippen molar-refractivity contribution >= 4 is 11.8 Å². The first-order valence-electron chi connectivity index (χ1n) is 10.2. The van der Waals surface area contributed by atoms with E-state index < -0.39 is 6.04 Å². The second-order valence-electron chi connectivity index (χ2n) is 7.78. The standard InChI is InChI=1S/C23H22FN3O3/c24-18-6-2-1-5-17(18)22-19-7-3-11-25(19)12-13-26(22)21(28)15-27(16-9-10-16)23(29)20-8-4-14-30-20/h1-8,11,14,16,22H,9-10,12-13,15H2. The largest absolute Gasteiger partial charge is 0.459 e. The zero-order chi connectivity index (χ0) is 20.7. The molecule has 2 amide bonds. The van der Waals surface area contributed by atoms with Gasteiger partial charge in [0, 0.05) is 36.6 Å². The van der Waals surface area contributed by atoms with Crippen molar-refractivity contribution in [1.29, 1.82) is 0 Å². The van der Waals surface area contributed by atoms with Gasteiger partial charge in [-0.3, -0.25) is 9.59 Å². The summed E-state index contributed by atoms with van der Waals surface area (Å²) in [5.74, 6) is -0.588. The van der Waals surface area contributed by atoms with Crippen LogP contribution in [0, 0.1) is 5.82 Å². The number of hydrogen-bond donors (Lipinski definition) is 0. The first-order valence-corrected chi connectivity index (χ1v) is 10.2. The van der Waals surface area contributed by atoms with Crippen LogP contribution in [0.15, 0.2) is 65.4 Å². The molecule has 3 heterocycles. The summed E-state index contributed by atoms with van der Waals surface area (Å²) in [6.45, 7) is 1.04. The van der Waals surface area contributed by atoms with E-state index in [1.54, 1.807) is 40.1 Å². The summed E-state index contributed by atoms with van der Waals surface area (Å²) in [5, 5.41) is 0. The summed E-state index contributed by atoms with van der Waals surface area (Å²) >= 11 is 0. The van der Waals surface area contributed by atoms with Crippen molar-refractivity contribution in [2.24, 2.45) is 0 Å². The molecule has 5 rings (SSSR count). The van der Waals surface area contributed by atoms with Gasteiger partial charge in [0.05, 0.1) is 6.26 Å². The minimum Gasteiger partial charge on any atom is -0.459 e. The topological polar surface area (TPSA) is 58.7 Å². The van der Waals surface area contributed by atoms with Gasteiger partial charge in [-0.15, -0.1) is 0 Å². The van der Waals surface area contributed by atoms with Crippen molar-refractivity contribution in [2.45, 2.75) is 31.5 Å². The van der Waals surface area contributed by atoms with E-state index in [2.05, 4.69) is 0 Å². The molecule has 0 bridgehead atoms. The Morgan fingerprint density at radius 2 is 1.90 bits per heavy atom. The second-order valence-corrected chi connectivity index (χ2v) is 7.78. The number of halogens is 1. The maximum Gasteiger partial charge on any atom is 0.290 e. The molecule has 0 N–H and O–H groups in total. The van der Waals surface area contributed by atoms with Crippen molar-refractivity contribution in [2.75, 3.05) is 13.1 Å². The van der Waals surface area contributed by atoms with Gasteiger partial charge in [-0.1, -0.05) is 18.2 Å². The number of carbonyl (C=O) groups is 2. The van der Waals surface area contributed by atoms with Gasteiger partial charge in [0.2, 0.25) is 5.91 Å². The van der Waals surface area contributed by atoms with Crippen LogP contribution in [0.25, 0.3) is 0 Å². The maximum atomic E-state index is 14.7. The minimum atomic E-state index is -0.526. The number of fused-ring (bicyclic) bond motifs is 1. The number of amides is 2. The van der Waals surface area contributed by atoms with Crippen LogP contribution >= 0.6 is 0 Å². The van der Waals surface area contributed by atoms with Gasteiger partial charge >= 0.3 is 0 Å². The number of nitrogens with zero attached hydrogens (tertiary/aromatic N) is 3. The Bertz CT molecular complexity index is 1070. The van der Waals surface area contributed by atoms with Gasteiger partial charge in [0.1, 0.15) is 18.4 Å². The summed E-state index contributed by atoms with van der Waals surface area (Å²) in [4.78, 5) is 29.6. The van der Waals surface area contributed by atoms with Crippen LogP contribution < -0.4 is 0 Å². The molecule has 1 saturated carbocycles. The highest BCUT2D eigenvalue weighted by molar-refractivity contribution is 5.94. The van der Waals surface area contributed by atoms with E-state index in [0.717, 1.165) is 18.5 Å². The third kappa shape index (κ3) is 3.30. The molecule has 1 atom stereocenters. The minimum absolute atomic E-state index is 0.0458. The van der Waals surface area contributed by atoms with E-state index in [1.807, 2.05) is 22.9 Å². The molecule has 6 nitrogen and oxygen atoms in total. The third-order valence-electron chi connectivity index (χ3n) is 5.84. The normalized spacial score (nSPS) is 18.2. The van der Waals surface area contributed by atoms with E-state index in [0.29, 0.717) is 18.7 Å². The first-order chi connectivity index (χ1) is 14.6. The SMILES string of the molecule is O=C(c1ccco1)N(CC(=O)N1CCn2cccc2C1c1ccccc1F)C1CC1. The van der Waals surface area contributed by atoms with Crippen LogP contribution in [0.1, 0.15) is 40.7 Å². The van der Waals surface area contributed by atoms with E-state index in [-0.39, 0.29) is 36.0 Å². The molecule has 0 spiro atoms. The van der Waals surface area contributed by atoms with Crippen LogP contribution in [0.5, 0.6) is 0 Å². The Labute approximate surface area is 173 Å². The zero-order valence-corrected chi connectivity index (χ0v) is 16.4. The smallest absolute Gasteiger partial charge is 0.290 e. The first kappa shape index (κ1) is 18.7. The summed E-state index contributed by atoms with van der Waals surface area (Å²) < 4.78 is 22.0. The highest BCUT2D eigenvalue weighted by atomic mass is 19.1. The highest BCUT2D eigenvalue weighted by Gasteiger charge is 2.39. The van der Waals surface area contributed by atoms with Gasteiger partial charge in [0.25, 0.3) is 5.91 Å². The number of carbonyl (C=O) groups excluding carboxylic acids is 2. The molecular formula is C23H22FN3O3. The molecule has 30 heavy (non-hydrogen) atoms. The fourth-order valence-electron chi connectivity index (χ4n) is 4.21. The summed E-state index contributed by atoms with van der Waals surface area (Å²) in [6.07, 6.45) is 5.15. The molecule has 2 aromatic heterocycles. The van der Waals surface area contributed by atoms with Gasteiger partial charge in [-0.2, -0.15) is 0 Å². The Morgan fingerprint density at radius 3 is 2.63 bits per heavy atom. The molecule has 7 heteroatoms. The average Bonchev–Trinajstić information content (AvgIpc) is 3.24. The lowest BCUT2D eigenvalue weighted by atomic mass is 9.99. The van der Waals surface area contributed by atoms with Crippen molar-refractivity contribution in [3.05, 3.63) is 83.8 Å². The number of hydrogen-bond acceptors (Lipinski definition) is 3. The van der Waals surface area contributed by atoms with Crippen LogP contribution in [-0.4, -0.2) is 45.3 Å². The predicted molar refractivity (Wildman–Crippen MR) is 107 cm³/mol. The van der Waals surface area contributed by atoms with E-state index >= 15 is 0 Å². The summed E-state index contributed by atoms with van der Waals surface area (Å²) in [6, 6.07) is 13.2. The average molecular weight is 407 g/mol. The Balaban J connectivity index is 1.45. The predicted octanol–water partition coefficient (Wildman–Crippen LogP) is 3.46. The highest BCUT2D eigenvalue weighted by Crippen LogP contribution is 2.35. The Kier molecular flexibility index (Phi) is 4.65. The van der Waals surface area contributed by atoms with E-state index in [1.165, 1.54) is 12.3 Å². The molecule has 0 saturated heterocycles. The third-order valence-corrected chi connectivity index (χ3v) is 5.84. The molecule has 1 aliphatic heterocycles. The second kappa shape index (κ2) is 7.48. The van der Waals surface area contributed by atoms with Gasteiger partial charge in [-0.25, -0.2) is 4.39 Å². The summed E-state index contributed by atoms with van der Waals surface area (Å²) in [5.41, 5.74) is 1.33. The lowest BCUT2D eigenvalue weighted by Gasteiger charge is -2.38. The lowest BCUT2D eigenvalue weighted by Crippen LogP contribution is -2.48. The van der Waals surface area contributed by atoms with Crippen LogP contribution in [0.2, 0.25) is 0 Å². The van der Waals surface area contributed by atoms with Crippen molar-refractivity contribution in [1.82, 2.24) is 14.4 Å². The number of benzene rings is 1. The molecule has 3 aromatic rings. The number of furan rings is 1. The fraction of sp³-hybridized carbons (Fsp3) is 0.304. The van der Waals surface area contributed by atoms with Crippen LogP contribution in [-0.2, 0) is 11.3 Å². The fourth-order valence-corrected chi connectivity index (χ4v) is 4.21. The zero-order valence-electron chi connectivity index (χ0n) is 16.4. The van der Waals surface area contributed by atoms with Crippen LogP contribution in [0.4, 0.5) is 4.39 Å². The number of aromatic nitrogens is 1. The van der Waals surface area contributed by atoms with E-state index in [4.69, 9.17) is 4.42 Å². The Hall–Kier alpha value is -3.35. The molecule has 1 aromatic carbocycles. The quantitative estimate of drug-likeness (QED) is 0.651. The van der Waals surface area contributed by atoms with Gasteiger partial charge in [0.15, 0.2) is 5.76 Å². The molecule has 1 fully saturated rings. The van der Waals surface area contributed by atoms with Crippen molar-refractivity contribution in [3.63, 3.8) is 0 Å². The van der Waals surface area contributed by atoms with Gasteiger partial charge < -0.3 is 18.8 Å². The number of rotatable bonds is 5. The van der Waals surface area contributed by atoms with E-state index in [9.17, 15) is 14.0 Å².